The number of methoxy groups -OCH3 is 1. The first kappa shape index (κ1) is 24.1. The summed E-state index contributed by atoms with van der Waals surface area (Å²) in [6, 6.07) is 6.42. The summed E-state index contributed by atoms with van der Waals surface area (Å²) in [5, 5.41) is 11.5. The number of nitrogens with one attached hydrogen (secondary N) is 2. The van der Waals surface area contributed by atoms with Gasteiger partial charge in [-0.15, -0.1) is 0 Å². The van der Waals surface area contributed by atoms with Crippen LogP contribution in [-0.4, -0.2) is 42.1 Å². The highest BCUT2D eigenvalue weighted by atomic mass is 16.5. The fourth-order valence-electron chi connectivity index (χ4n) is 4.15. The van der Waals surface area contributed by atoms with Crippen LogP contribution in [-0.2, 0) is 24.4 Å². The summed E-state index contributed by atoms with van der Waals surface area (Å²) in [6.45, 7) is 11.8. The van der Waals surface area contributed by atoms with Gasteiger partial charge >= 0.3 is 0 Å². The number of aryl methyl sites for hydroxylation is 2. The first-order valence-corrected chi connectivity index (χ1v) is 11.8. The lowest BCUT2D eigenvalue weighted by Gasteiger charge is -2.17. The first-order chi connectivity index (χ1) is 15.5. The lowest BCUT2D eigenvalue weighted by molar-refractivity contribution is 0.182. The van der Waals surface area contributed by atoms with Gasteiger partial charge in [0.1, 0.15) is 5.75 Å². The Morgan fingerprint density at radius 1 is 1.19 bits per heavy atom. The summed E-state index contributed by atoms with van der Waals surface area (Å²) in [6.07, 6.45) is 5.17. The average Bonchev–Trinajstić information content (AvgIpc) is 3.37. The Bertz CT molecular complexity index is 900. The molecule has 176 valence electrons. The largest absolute Gasteiger partial charge is 0.490 e. The molecule has 32 heavy (non-hydrogen) atoms. The Hall–Kier alpha value is -2.54. The van der Waals surface area contributed by atoms with Crippen molar-refractivity contribution in [1.82, 2.24) is 20.4 Å². The quantitative estimate of drug-likeness (QED) is 0.430. The van der Waals surface area contributed by atoms with Gasteiger partial charge in [-0.05, 0) is 65.0 Å². The van der Waals surface area contributed by atoms with Crippen molar-refractivity contribution < 1.29 is 9.47 Å². The zero-order valence-electron chi connectivity index (χ0n) is 20.3. The number of guanidine groups is 1. The summed E-state index contributed by atoms with van der Waals surface area (Å²) in [4.78, 5) is 4.85. The molecule has 0 saturated heterocycles. The van der Waals surface area contributed by atoms with E-state index in [1.807, 2.05) is 4.68 Å². The predicted octanol–water partition coefficient (Wildman–Crippen LogP) is 4.03. The fraction of sp³-hybridized carbons (Fsp3) is 0.600. The SMILES string of the molecule is CCNC(=NCc1ccc(C)cc1OC1CCCC1)NCc1c(C)nn(CCOC)c1C. The molecule has 7 heteroatoms. The Kier molecular flexibility index (Phi) is 8.97. The zero-order chi connectivity index (χ0) is 22.9. The Morgan fingerprint density at radius 2 is 1.97 bits per heavy atom. The minimum absolute atomic E-state index is 0.339. The van der Waals surface area contributed by atoms with Crippen LogP contribution in [0.15, 0.2) is 23.2 Å². The Balaban J connectivity index is 1.69. The standard InChI is InChI=1S/C25H39N5O2/c1-6-26-25(28-17-23-19(3)29-30(20(23)4)13-14-31-5)27-16-21-12-11-18(2)15-24(21)32-22-9-7-8-10-22/h11-12,15,22H,6-10,13-14,16-17H2,1-5H3,(H2,26,27,28). The predicted molar refractivity (Wildman–Crippen MR) is 129 cm³/mol. The molecule has 0 bridgehead atoms. The highest BCUT2D eigenvalue weighted by molar-refractivity contribution is 5.79. The smallest absolute Gasteiger partial charge is 0.191 e. The van der Waals surface area contributed by atoms with Gasteiger partial charge in [-0.25, -0.2) is 4.99 Å². The van der Waals surface area contributed by atoms with Crippen molar-refractivity contribution in [3.63, 3.8) is 0 Å². The van der Waals surface area contributed by atoms with Crippen LogP contribution in [0.4, 0.5) is 0 Å². The molecule has 2 N–H and O–H groups in total. The van der Waals surface area contributed by atoms with Crippen molar-refractivity contribution in [1.29, 1.82) is 0 Å². The van der Waals surface area contributed by atoms with E-state index in [1.165, 1.54) is 24.0 Å². The van der Waals surface area contributed by atoms with Gasteiger partial charge in [-0.2, -0.15) is 5.10 Å². The molecule has 1 fully saturated rings. The van der Waals surface area contributed by atoms with E-state index < -0.39 is 0 Å². The van der Waals surface area contributed by atoms with Crippen LogP contribution in [0.2, 0.25) is 0 Å². The van der Waals surface area contributed by atoms with Gasteiger partial charge in [0.15, 0.2) is 5.96 Å². The van der Waals surface area contributed by atoms with E-state index in [2.05, 4.69) is 61.6 Å². The van der Waals surface area contributed by atoms with Gasteiger partial charge in [-0.3, -0.25) is 4.68 Å². The van der Waals surface area contributed by atoms with E-state index in [1.54, 1.807) is 7.11 Å². The van der Waals surface area contributed by atoms with Gasteiger partial charge in [0.25, 0.3) is 0 Å². The van der Waals surface area contributed by atoms with Crippen LogP contribution in [0.25, 0.3) is 0 Å². The number of aliphatic imine (C=N–C) groups is 1. The Labute approximate surface area is 192 Å². The Morgan fingerprint density at radius 3 is 2.69 bits per heavy atom. The van der Waals surface area contributed by atoms with Gasteiger partial charge in [0.2, 0.25) is 0 Å². The van der Waals surface area contributed by atoms with E-state index in [-0.39, 0.29) is 0 Å². The van der Waals surface area contributed by atoms with Crippen LogP contribution >= 0.6 is 0 Å². The molecule has 1 aliphatic carbocycles. The minimum Gasteiger partial charge on any atom is -0.490 e. The van der Waals surface area contributed by atoms with Crippen LogP contribution in [0.3, 0.4) is 0 Å². The third-order valence-electron chi connectivity index (χ3n) is 6.04. The third kappa shape index (κ3) is 6.48. The topological polar surface area (TPSA) is 72.7 Å². The summed E-state index contributed by atoms with van der Waals surface area (Å²) in [7, 11) is 1.71. The molecule has 1 aromatic heterocycles. The van der Waals surface area contributed by atoms with Crippen LogP contribution in [0, 0.1) is 20.8 Å². The molecule has 0 spiro atoms. The highest BCUT2D eigenvalue weighted by Gasteiger charge is 2.18. The van der Waals surface area contributed by atoms with Crippen molar-refractivity contribution in [2.45, 2.75) is 79.1 Å². The first-order valence-electron chi connectivity index (χ1n) is 11.8. The van der Waals surface area contributed by atoms with E-state index >= 15 is 0 Å². The number of aromatic nitrogens is 2. The van der Waals surface area contributed by atoms with Gasteiger partial charge < -0.3 is 20.1 Å². The molecule has 0 aliphatic heterocycles. The molecule has 1 aromatic carbocycles. The zero-order valence-corrected chi connectivity index (χ0v) is 20.3. The fourth-order valence-corrected chi connectivity index (χ4v) is 4.15. The summed E-state index contributed by atoms with van der Waals surface area (Å²) >= 11 is 0. The van der Waals surface area contributed by atoms with Crippen molar-refractivity contribution in [3.05, 3.63) is 46.3 Å². The van der Waals surface area contributed by atoms with Gasteiger partial charge in [0, 0.05) is 37.0 Å². The number of nitrogens with zero attached hydrogens (tertiary/aromatic N) is 3. The molecule has 0 unspecified atom stereocenters. The molecule has 0 amide bonds. The monoisotopic (exact) mass is 441 g/mol. The normalized spacial score (nSPS) is 14.7. The van der Waals surface area contributed by atoms with Crippen molar-refractivity contribution in [2.24, 2.45) is 4.99 Å². The minimum atomic E-state index is 0.339. The molecule has 1 heterocycles. The number of hydrogen-bond donors (Lipinski definition) is 2. The highest BCUT2D eigenvalue weighted by Crippen LogP contribution is 2.28. The third-order valence-corrected chi connectivity index (χ3v) is 6.04. The second-order valence-electron chi connectivity index (χ2n) is 8.55. The maximum Gasteiger partial charge on any atom is 0.191 e. The maximum absolute atomic E-state index is 6.34. The van der Waals surface area contributed by atoms with E-state index in [4.69, 9.17) is 14.5 Å². The lowest BCUT2D eigenvalue weighted by atomic mass is 10.1. The maximum atomic E-state index is 6.34. The molecular weight excluding hydrogens is 402 g/mol. The van der Waals surface area contributed by atoms with E-state index in [9.17, 15) is 0 Å². The number of benzene rings is 1. The number of rotatable bonds is 10. The number of ether oxygens (including phenoxy) is 2. The molecule has 2 aromatic rings. The number of hydrogen-bond acceptors (Lipinski definition) is 4. The average molecular weight is 442 g/mol. The van der Waals surface area contributed by atoms with Crippen LogP contribution < -0.4 is 15.4 Å². The van der Waals surface area contributed by atoms with Crippen molar-refractivity contribution >= 4 is 5.96 Å². The molecular formula is C25H39N5O2. The molecule has 7 nitrogen and oxygen atoms in total. The molecule has 1 saturated carbocycles. The van der Waals surface area contributed by atoms with Crippen LogP contribution in [0.5, 0.6) is 5.75 Å². The van der Waals surface area contributed by atoms with E-state index in [0.29, 0.717) is 25.8 Å². The molecule has 3 rings (SSSR count). The molecule has 0 atom stereocenters. The second kappa shape index (κ2) is 11.9. The summed E-state index contributed by atoms with van der Waals surface area (Å²) in [5.74, 6) is 1.77. The van der Waals surface area contributed by atoms with Crippen molar-refractivity contribution in [3.8, 4) is 5.75 Å². The van der Waals surface area contributed by atoms with Gasteiger partial charge in [-0.1, -0.05) is 12.1 Å². The van der Waals surface area contributed by atoms with E-state index in [0.717, 1.165) is 54.6 Å². The molecule has 1 aliphatic rings. The second-order valence-corrected chi connectivity index (χ2v) is 8.55. The van der Waals surface area contributed by atoms with Crippen LogP contribution in [0.1, 0.15) is 60.7 Å². The lowest BCUT2D eigenvalue weighted by Crippen LogP contribution is -2.37. The summed E-state index contributed by atoms with van der Waals surface area (Å²) < 4.78 is 13.6. The molecule has 0 radical (unpaired) electrons. The summed E-state index contributed by atoms with van der Waals surface area (Å²) in [5.41, 5.74) is 5.74. The van der Waals surface area contributed by atoms with Gasteiger partial charge in [0.05, 0.1) is 31.5 Å². The van der Waals surface area contributed by atoms with Crippen molar-refractivity contribution in [2.75, 3.05) is 20.3 Å².